The zero-order valence-corrected chi connectivity index (χ0v) is 32.7. The van der Waals surface area contributed by atoms with E-state index in [4.69, 9.17) is 23.1 Å². The van der Waals surface area contributed by atoms with Crippen molar-refractivity contribution in [3.63, 3.8) is 0 Å². The molecule has 0 aromatic heterocycles. The summed E-state index contributed by atoms with van der Waals surface area (Å²) < 4.78 is 31.9. The van der Waals surface area contributed by atoms with Gasteiger partial charge in [-0.05, 0) is 124 Å². The molecule has 2 aromatic rings. The number of ether oxygens (including phenoxy) is 3. The van der Waals surface area contributed by atoms with Gasteiger partial charge in [0.15, 0.2) is 6.29 Å². The van der Waals surface area contributed by atoms with Gasteiger partial charge in [0.25, 0.3) is 0 Å². The van der Waals surface area contributed by atoms with Gasteiger partial charge < -0.3 is 23.1 Å². The van der Waals surface area contributed by atoms with Crippen molar-refractivity contribution in [2.75, 3.05) is 6.61 Å². The minimum absolute atomic E-state index is 0.0278. The zero-order valence-electron chi connectivity index (χ0n) is 30.7. The average Bonchev–Trinajstić information content (AvgIpc) is 2.90. The van der Waals surface area contributed by atoms with Crippen molar-refractivity contribution < 1.29 is 23.1 Å². The van der Waals surface area contributed by atoms with E-state index in [1.165, 1.54) is 18.4 Å². The van der Waals surface area contributed by atoms with Gasteiger partial charge >= 0.3 is 0 Å². The molecule has 7 heteroatoms. The van der Waals surface area contributed by atoms with Crippen LogP contribution in [-0.4, -0.2) is 35.1 Å². The van der Waals surface area contributed by atoms with Gasteiger partial charge in [-0.3, -0.25) is 0 Å². The molecule has 1 heterocycles. The van der Waals surface area contributed by atoms with E-state index in [0.717, 1.165) is 67.9 Å². The van der Waals surface area contributed by atoms with Crippen LogP contribution in [0.5, 0.6) is 17.2 Å². The van der Waals surface area contributed by atoms with Crippen LogP contribution in [0, 0.1) is 0 Å². The smallest absolute Gasteiger partial charge is 0.250 e. The quantitative estimate of drug-likeness (QED) is 0.141. The van der Waals surface area contributed by atoms with E-state index in [1.807, 2.05) is 0 Å². The summed E-state index contributed by atoms with van der Waals surface area (Å²) in [5.74, 6) is 2.66. The molecule has 3 rings (SSSR count). The molecule has 1 aliphatic rings. The molecule has 1 saturated heterocycles. The largest absolute Gasteiger partial charge is 0.543 e. The highest BCUT2D eigenvalue weighted by Crippen LogP contribution is 2.41. The molecule has 0 spiro atoms. The Bertz CT molecular complexity index is 1160. The molecule has 0 aliphatic carbocycles. The first kappa shape index (κ1) is 37.6. The van der Waals surface area contributed by atoms with Crippen molar-refractivity contribution in [1.82, 2.24) is 0 Å². The topological polar surface area (TPSA) is 46.2 Å². The van der Waals surface area contributed by atoms with Crippen LogP contribution in [0.1, 0.15) is 111 Å². The van der Waals surface area contributed by atoms with Crippen LogP contribution in [0.4, 0.5) is 0 Å². The SMILES string of the molecule is CC(C)(CCCCCc1cccc(OCc2cc(O[Si](C)(C)C(C)(C)C)cc(O[Si](C)(C)C(C)(C)C)c2)c1)OC1CCCCO1. The third-order valence-electron chi connectivity index (χ3n) is 9.93. The summed E-state index contributed by atoms with van der Waals surface area (Å²) in [7, 11) is -4.04. The first-order valence-electron chi connectivity index (χ1n) is 17.3. The predicted molar refractivity (Wildman–Crippen MR) is 194 cm³/mol. The van der Waals surface area contributed by atoms with Gasteiger partial charge in [0.2, 0.25) is 16.6 Å². The van der Waals surface area contributed by atoms with Crippen LogP contribution < -0.4 is 13.6 Å². The van der Waals surface area contributed by atoms with E-state index < -0.39 is 16.6 Å². The average molecular weight is 657 g/mol. The summed E-state index contributed by atoms with van der Waals surface area (Å²) in [6.45, 7) is 28.5. The highest BCUT2D eigenvalue weighted by molar-refractivity contribution is 6.75. The third kappa shape index (κ3) is 12.1. The minimum Gasteiger partial charge on any atom is -0.543 e. The second-order valence-corrected chi connectivity index (χ2v) is 26.2. The lowest BCUT2D eigenvalue weighted by Crippen LogP contribution is -2.44. The van der Waals surface area contributed by atoms with Gasteiger partial charge in [-0.25, -0.2) is 0 Å². The molecule has 0 amide bonds. The van der Waals surface area contributed by atoms with Crippen molar-refractivity contribution in [1.29, 1.82) is 0 Å². The van der Waals surface area contributed by atoms with E-state index in [0.29, 0.717) is 6.61 Å². The maximum Gasteiger partial charge on any atom is 0.250 e. The van der Waals surface area contributed by atoms with E-state index in [-0.39, 0.29) is 22.0 Å². The predicted octanol–water partition coefficient (Wildman–Crippen LogP) is 11.5. The molecule has 45 heavy (non-hydrogen) atoms. The molecule has 1 fully saturated rings. The summed E-state index contributed by atoms with van der Waals surface area (Å²) in [5.41, 5.74) is 2.24. The molecule has 5 nitrogen and oxygen atoms in total. The zero-order chi connectivity index (χ0) is 33.5. The first-order chi connectivity index (χ1) is 20.8. The fourth-order valence-corrected chi connectivity index (χ4v) is 6.99. The van der Waals surface area contributed by atoms with Crippen LogP contribution in [0.3, 0.4) is 0 Å². The molecule has 1 unspecified atom stereocenters. The van der Waals surface area contributed by atoms with Crippen molar-refractivity contribution >= 4 is 16.6 Å². The number of benzene rings is 2. The van der Waals surface area contributed by atoms with E-state index >= 15 is 0 Å². The second kappa shape index (κ2) is 15.4. The molecule has 0 bridgehead atoms. The highest BCUT2D eigenvalue weighted by Gasteiger charge is 2.40. The van der Waals surface area contributed by atoms with Crippen LogP contribution in [0.25, 0.3) is 0 Å². The Labute approximate surface area is 278 Å². The number of aryl methyl sites for hydroxylation is 1. The molecular weight excluding hydrogens is 593 g/mol. The van der Waals surface area contributed by atoms with Gasteiger partial charge in [-0.2, -0.15) is 0 Å². The number of rotatable bonds is 15. The lowest BCUT2D eigenvalue weighted by atomic mass is 9.98. The molecule has 0 radical (unpaired) electrons. The number of hydrogen-bond donors (Lipinski definition) is 0. The monoisotopic (exact) mass is 656 g/mol. The third-order valence-corrected chi connectivity index (χ3v) is 18.7. The Hall–Kier alpha value is -1.81. The fraction of sp³-hybridized carbons (Fsp3) is 0.684. The minimum atomic E-state index is -2.02. The molecule has 2 aromatic carbocycles. The molecule has 1 atom stereocenters. The first-order valence-corrected chi connectivity index (χ1v) is 23.1. The van der Waals surface area contributed by atoms with Gasteiger partial charge in [-0.15, -0.1) is 0 Å². The second-order valence-electron chi connectivity index (χ2n) is 16.7. The van der Waals surface area contributed by atoms with Gasteiger partial charge in [0.1, 0.15) is 23.9 Å². The fourth-order valence-electron chi connectivity index (χ4n) is 4.96. The maximum atomic E-state index is 6.75. The summed E-state index contributed by atoms with van der Waals surface area (Å²) in [6, 6.07) is 14.9. The molecule has 0 N–H and O–H groups in total. The molecule has 0 saturated carbocycles. The van der Waals surface area contributed by atoms with Crippen molar-refractivity contribution in [2.45, 2.75) is 162 Å². The standard InChI is InChI=1S/C38H64O5Si2/c1-36(2,3)44(9,10)42-33-26-31(27-34(28-33)43-45(11,12)37(4,5)6)29-40-32-21-18-20-30(25-32)19-14-13-16-23-38(7,8)41-35-22-15-17-24-39-35/h18,20-21,25-28,35H,13-17,19,22-24,29H2,1-12H3. The van der Waals surface area contributed by atoms with Crippen molar-refractivity contribution in [3.05, 3.63) is 53.6 Å². The van der Waals surface area contributed by atoms with E-state index in [1.54, 1.807) is 0 Å². The molecular formula is C38H64O5Si2. The van der Waals surface area contributed by atoms with E-state index in [9.17, 15) is 0 Å². The lowest BCUT2D eigenvalue weighted by molar-refractivity contribution is -0.217. The Kier molecular flexibility index (Phi) is 12.9. The highest BCUT2D eigenvalue weighted by atomic mass is 28.4. The van der Waals surface area contributed by atoms with Crippen LogP contribution in [-0.2, 0) is 22.5 Å². The Balaban J connectivity index is 1.60. The van der Waals surface area contributed by atoms with Gasteiger partial charge in [0, 0.05) is 12.7 Å². The van der Waals surface area contributed by atoms with Crippen molar-refractivity contribution in [3.8, 4) is 17.2 Å². The normalized spacial score (nSPS) is 16.8. The molecule has 1 aliphatic heterocycles. The molecule has 254 valence electrons. The summed E-state index contributed by atoms with van der Waals surface area (Å²) in [5, 5.41) is 0.211. The maximum absolute atomic E-state index is 6.75. The van der Waals surface area contributed by atoms with Crippen LogP contribution in [0.15, 0.2) is 42.5 Å². The number of hydrogen-bond acceptors (Lipinski definition) is 5. The Morgan fingerprint density at radius 2 is 1.31 bits per heavy atom. The van der Waals surface area contributed by atoms with Crippen LogP contribution in [0.2, 0.25) is 36.3 Å². The Morgan fingerprint density at radius 3 is 1.87 bits per heavy atom. The lowest BCUT2D eigenvalue weighted by Gasteiger charge is -2.38. The van der Waals surface area contributed by atoms with Crippen LogP contribution >= 0.6 is 0 Å². The summed E-state index contributed by atoms with van der Waals surface area (Å²) in [6.07, 6.45) is 8.93. The van der Waals surface area contributed by atoms with E-state index in [2.05, 4.69) is 124 Å². The Morgan fingerprint density at radius 1 is 0.711 bits per heavy atom. The number of unbranched alkanes of at least 4 members (excludes halogenated alkanes) is 2. The summed E-state index contributed by atoms with van der Waals surface area (Å²) >= 11 is 0. The van der Waals surface area contributed by atoms with Crippen molar-refractivity contribution in [2.24, 2.45) is 0 Å². The van der Waals surface area contributed by atoms with Gasteiger partial charge in [-0.1, -0.05) is 66.5 Å². The summed E-state index contributed by atoms with van der Waals surface area (Å²) in [4.78, 5) is 0. The van der Waals surface area contributed by atoms with Gasteiger partial charge in [0.05, 0.1) is 5.60 Å².